The highest BCUT2D eigenvalue weighted by atomic mass is 35.5. The average molecular weight is 365 g/mol. The minimum atomic E-state index is -0.153. The van der Waals surface area contributed by atoms with Crippen LogP contribution in [0.2, 0.25) is 10.0 Å². The maximum absolute atomic E-state index is 12.5. The highest BCUT2D eigenvalue weighted by Crippen LogP contribution is 2.28. The van der Waals surface area contributed by atoms with Crippen LogP contribution in [0.5, 0.6) is 0 Å². The Balaban J connectivity index is 1.61. The van der Waals surface area contributed by atoms with Crippen molar-refractivity contribution in [2.75, 3.05) is 18.8 Å². The van der Waals surface area contributed by atoms with Crippen molar-refractivity contribution < 1.29 is 4.79 Å². The number of amides is 1. The number of hydrogen-bond donors (Lipinski definition) is 1. The van der Waals surface area contributed by atoms with Gasteiger partial charge in [-0.15, -0.1) is 0 Å². The fourth-order valence-corrected chi connectivity index (χ4v) is 3.40. The number of nitrogen functional groups attached to an aromatic ring is 1. The molecule has 0 aliphatic carbocycles. The number of benzene rings is 1. The lowest BCUT2D eigenvalue weighted by Crippen LogP contribution is -2.39. The molecule has 5 nitrogen and oxygen atoms in total. The van der Waals surface area contributed by atoms with Crippen LogP contribution in [0.1, 0.15) is 28.9 Å². The predicted molar refractivity (Wildman–Crippen MR) is 95.2 cm³/mol. The number of carbonyl (C=O) groups excluding carboxylic acids is 1. The van der Waals surface area contributed by atoms with Crippen molar-refractivity contribution in [2.45, 2.75) is 19.3 Å². The summed E-state index contributed by atoms with van der Waals surface area (Å²) in [6.07, 6.45) is 5.66. The molecule has 0 saturated carbocycles. The van der Waals surface area contributed by atoms with E-state index in [0.717, 1.165) is 29.8 Å². The highest BCUT2D eigenvalue weighted by molar-refractivity contribution is 6.33. The van der Waals surface area contributed by atoms with E-state index in [1.54, 1.807) is 11.0 Å². The summed E-state index contributed by atoms with van der Waals surface area (Å²) in [6.45, 7) is 1.36. The topological polar surface area (TPSA) is 72.1 Å². The molecule has 3 rings (SSSR count). The molecule has 0 bridgehead atoms. The SMILES string of the molecule is Nc1nccnc1C(=O)N1CCC(Cc2cc(Cl)ccc2Cl)CC1. The largest absolute Gasteiger partial charge is 0.382 e. The molecular weight excluding hydrogens is 347 g/mol. The lowest BCUT2D eigenvalue weighted by Gasteiger charge is -2.32. The van der Waals surface area contributed by atoms with E-state index in [-0.39, 0.29) is 17.4 Å². The number of halogens is 2. The van der Waals surface area contributed by atoms with Crippen molar-refractivity contribution in [2.24, 2.45) is 5.92 Å². The number of rotatable bonds is 3. The average Bonchev–Trinajstić information content (AvgIpc) is 2.59. The number of carbonyl (C=O) groups is 1. The van der Waals surface area contributed by atoms with E-state index >= 15 is 0 Å². The van der Waals surface area contributed by atoms with Gasteiger partial charge in [0.25, 0.3) is 5.91 Å². The summed E-state index contributed by atoms with van der Waals surface area (Å²) in [5.41, 5.74) is 7.03. The molecule has 7 heteroatoms. The minimum absolute atomic E-state index is 0.153. The third kappa shape index (κ3) is 3.79. The molecule has 1 amide bonds. The molecule has 0 atom stereocenters. The second-order valence-electron chi connectivity index (χ2n) is 5.97. The molecule has 1 aliphatic heterocycles. The van der Waals surface area contributed by atoms with Crippen LogP contribution in [0.3, 0.4) is 0 Å². The Hall–Kier alpha value is -1.85. The van der Waals surface area contributed by atoms with Crippen LogP contribution >= 0.6 is 23.2 Å². The van der Waals surface area contributed by atoms with Crippen LogP contribution in [-0.2, 0) is 6.42 Å². The van der Waals surface area contributed by atoms with E-state index in [9.17, 15) is 4.79 Å². The van der Waals surface area contributed by atoms with Gasteiger partial charge in [0.2, 0.25) is 0 Å². The van der Waals surface area contributed by atoms with Crippen molar-refractivity contribution in [1.82, 2.24) is 14.9 Å². The second kappa shape index (κ2) is 7.36. The standard InChI is InChI=1S/C17H18Cl2N4O/c18-13-1-2-14(19)12(10-13)9-11-3-7-23(8-4-11)17(24)15-16(20)22-6-5-21-15/h1-2,5-6,10-11H,3-4,7-9H2,(H2,20,22). The van der Waals surface area contributed by atoms with E-state index in [0.29, 0.717) is 24.0 Å². The Morgan fingerprint density at radius 1 is 1.21 bits per heavy atom. The first-order valence-electron chi connectivity index (χ1n) is 7.84. The normalized spacial score (nSPS) is 15.5. The maximum Gasteiger partial charge on any atom is 0.276 e. The van der Waals surface area contributed by atoms with Crippen LogP contribution in [-0.4, -0.2) is 33.9 Å². The van der Waals surface area contributed by atoms with Gasteiger partial charge >= 0.3 is 0 Å². The van der Waals surface area contributed by atoms with Gasteiger partial charge in [-0.05, 0) is 48.9 Å². The summed E-state index contributed by atoms with van der Waals surface area (Å²) >= 11 is 12.3. The number of aromatic nitrogens is 2. The van der Waals surface area contributed by atoms with Crippen LogP contribution in [0.15, 0.2) is 30.6 Å². The van der Waals surface area contributed by atoms with Crippen molar-refractivity contribution >= 4 is 34.9 Å². The van der Waals surface area contributed by atoms with Crippen LogP contribution < -0.4 is 5.73 Å². The summed E-state index contributed by atoms with van der Waals surface area (Å²) in [5.74, 6) is 0.499. The van der Waals surface area contributed by atoms with Gasteiger partial charge in [-0.1, -0.05) is 23.2 Å². The first-order chi connectivity index (χ1) is 11.5. The fraction of sp³-hybridized carbons (Fsp3) is 0.353. The van der Waals surface area contributed by atoms with E-state index in [1.807, 2.05) is 12.1 Å². The van der Waals surface area contributed by atoms with Gasteiger partial charge in [0.05, 0.1) is 0 Å². The van der Waals surface area contributed by atoms with Crippen molar-refractivity contribution in [3.8, 4) is 0 Å². The zero-order valence-corrected chi connectivity index (χ0v) is 14.6. The Morgan fingerprint density at radius 3 is 2.62 bits per heavy atom. The monoisotopic (exact) mass is 364 g/mol. The van der Waals surface area contributed by atoms with Crippen LogP contribution in [0, 0.1) is 5.92 Å². The molecule has 1 aliphatic rings. The van der Waals surface area contributed by atoms with Crippen molar-refractivity contribution in [3.63, 3.8) is 0 Å². The van der Waals surface area contributed by atoms with Gasteiger partial charge in [0.15, 0.2) is 11.5 Å². The zero-order valence-electron chi connectivity index (χ0n) is 13.1. The van der Waals surface area contributed by atoms with E-state index in [4.69, 9.17) is 28.9 Å². The smallest absolute Gasteiger partial charge is 0.276 e. The van der Waals surface area contributed by atoms with Gasteiger partial charge < -0.3 is 10.6 Å². The summed E-state index contributed by atoms with van der Waals surface area (Å²) < 4.78 is 0. The number of nitrogens with two attached hydrogens (primary N) is 1. The quantitative estimate of drug-likeness (QED) is 0.904. The molecule has 0 spiro atoms. The first kappa shape index (κ1) is 17.0. The van der Waals surface area contributed by atoms with Gasteiger partial charge in [0, 0.05) is 35.5 Å². The zero-order chi connectivity index (χ0) is 17.1. The van der Waals surface area contributed by atoms with Gasteiger partial charge in [0.1, 0.15) is 0 Å². The van der Waals surface area contributed by atoms with E-state index in [2.05, 4.69) is 9.97 Å². The molecule has 0 radical (unpaired) electrons. The van der Waals surface area contributed by atoms with Crippen molar-refractivity contribution in [1.29, 1.82) is 0 Å². The molecule has 2 heterocycles. The van der Waals surface area contributed by atoms with Gasteiger partial charge in [-0.2, -0.15) is 0 Å². The molecule has 126 valence electrons. The molecule has 1 aromatic carbocycles. The Morgan fingerprint density at radius 2 is 1.92 bits per heavy atom. The highest BCUT2D eigenvalue weighted by Gasteiger charge is 2.26. The number of likely N-dealkylation sites (tertiary alicyclic amines) is 1. The summed E-state index contributed by atoms with van der Waals surface area (Å²) in [4.78, 5) is 22.3. The fourth-order valence-electron chi connectivity index (χ4n) is 3.01. The van der Waals surface area contributed by atoms with Gasteiger partial charge in [-0.25, -0.2) is 9.97 Å². The number of anilines is 1. The van der Waals surface area contributed by atoms with Gasteiger partial charge in [-0.3, -0.25) is 4.79 Å². The third-order valence-electron chi connectivity index (χ3n) is 4.35. The summed E-state index contributed by atoms with van der Waals surface area (Å²) in [6, 6.07) is 5.54. The molecule has 1 aromatic heterocycles. The van der Waals surface area contributed by atoms with E-state index < -0.39 is 0 Å². The van der Waals surface area contributed by atoms with E-state index in [1.165, 1.54) is 12.4 Å². The van der Waals surface area contributed by atoms with Crippen LogP contribution in [0.4, 0.5) is 5.82 Å². The predicted octanol–water partition coefficient (Wildman–Crippen LogP) is 3.46. The first-order valence-corrected chi connectivity index (χ1v) is 8.60. The molecule has 1 saturated heterocycles. The van der Waals surface area contributed by atoms with Crippen molar-refractivity contribution in [3.05, 3.63) is 51.9 Å². The molecule has 2 aromatic rings. The molecule has 24 heavy (non-hydrogen) atoms. The summed E-state index contributed by atoms with van der Waals surface area (Å²) in [7, 11) is 0. The molecular formula is C17H18Cl2N4O. The third-order valence-corrected chi connectivity index (χ3v) is 4.95. The second-order valence-corrected chi connectivity index (χ2v) is 6.81. The molecule has 2 N–H and O–H groups in total. The number of nitrogens with zero attached hydrogens (tertiary/aromatic N) is 3. The number of hydrogen-bond acceptors (Lipinski definition) is 4. The molecule has 0 unspecified atom stereocenters. The minimum Gasteiger partial charge on any atom is -0.382 e. The molecule has 1 fully saturated rings. The Kier molecular flexibility index (Phi) is 5.21. The Bertz CT molecular complexity index is 745. The van der Waals surface area contributed by atoms with Crippen LogP contribution in [0.25, 0.3) is 0 Å². The lowest BCUT2D eigenvalue weighted by atomic mass is 9.90. The maximum atomic E-state index is 12.5. The summed E-state index contributed by atoms with van der Waals surface area (Å²) in [5, 5.41) is 1.44. The Labute approximate surface area is 150 Å². The lowest BCUT2D eigenvalue weighted by molar-refractivity contribution is 0.0685. The number of piperidine rings is 1.